The van der Waals surface area contributed by atoms with Crippen molar-refractivity contribution in [3.8, 4) is 11.3 Å². The zero-order valence-electron chi connectivity index (χ0n) is 8.24. The average Bonchev–Trinajstić information content (AvgIpc) is 2.29. The van der Waals surface area contributed by atoms with Gasteiger partial charge in [-0.25, -0.2) is 0 Å². The molecule has 0 aliphatic carbocycles. The molecule has 0 amide bonds. The van der Waals surface area contributed by atoms with Crippen LogP contribution in [0.2, 0.25) is 5.15 Å². The molecule has 0 saturated heterocycles. The lowest BCUT2D eigenvalue weighted by Crippen LogP contribution is -2.08. The molecule has 0 aromatic carbocycles. The van der Waals surface area contributed by atoms with E-state index < -0.39 is 11.7 Å². The monoisotopic (exact) mass is 259 g/mol. The van der Waals surface area contributed by atoms with Crippen LogP contribution in [0.4, 0.5) is 13.2 Å². The van der Waals surface area contributed by atoms with Gasteiger partial charge in [0.1, 0.15) is 0 Å². The van der Waals surface area contributed by atoms with Crippen LogP contribution in [0.25, 0.3) is 11.3 Å². The van der Waals surface area contributed by atoms with Crippen LogP contribution in [0.3, 0.4) is 0 Å². The number of hydrogen-bond donors (Lipinski definition) is 0. The van der Waals surface area contributed by atoms with Crippen molar-refractivity contribution in [1.82, 2.24) is 15.2 Å². The molecule has 2 aromatic heterocycles. The lowest BCUT2D eigenvalue weighted by atomic mass is 10.1. The predicted octanol–water partition coefficient (Wildman–Crippen LogP) is 3.21. The Bertz CT molecular complexity index is 525. The van der Waals surface area contributed by atoms with Gasteiger partial charge in [0.05, 0.1) is 11.3 Å². The normalized spacial score (nSPS) is 11.5. The molecule has 17 heavy (non-hydrogen) atoms. The SMILES string of the molecule is FC(F)(F)c1ccncc1-c1ccc(Cl)nn1. The van der Waals surface area contributed by atoms with E-state index in [2.05, 4.69) is 15.2 Å². The number of pyridine rings is 1. The fourth-order valence-electron chi connectivity index (χ4n) is 1.31. The summed E-state index contributed by atoms with van der Waals surface area (Å²) in [5.41, 5.74) is -0.844. The summed E-state index contributed by atoms with van der Waals surface area (Å²) in [5.74, 6) is 0. The fraction of sp³-hybridized carbons (Fsp3) is 0.100. The van der Waals surface area contributed by atoms with Crippen LogP contribution < -0.4 is 0 Å². The van der Waals surface area contributed by atoms with Gasteiger partial charge in [0.25, 0.3) is 0 Å². The molecular weight excluding hydrogens is 255 g/mol. The molecule has 0 bridgehead atoms. The van der Waals surface area contributed by atoms with E-state index in [1.807, 2.05) is 0 Å². The second kappa shape index (κ2) is 4.29. The first-order valence-corrected chi connectivity index (χ1v) is 4.87. The molecule has 0 atom stereocenters. The van der Waals surface area contributed by atoms with E-state index in [-0.39, 0.29) is 16.4 Å². The first-order chi connectivity index (χ1) is 7.98. The standard InChI is InChI=1S/C10H5ClF3N3/c11-9-2-1-8(16-17-9)6-5-15-4-3-7(6)10(12,13)14/h1-5H. The Morgan fingerprint density at radius 3 is 2.41 bits per heavy atom. The minimum Gasteiger partial charge on any atom is -0.264 e. The number of aromatic nitrogens is 3. The second-order valence-corrected chi connectivity index (χ2v) is 3.55. The van der Waals surface area contributed by atoms with Crippen LogP contribution in [-0.2, 0) is 6.18 Å². The minimum absolute atomic E-state index is 0.0785. The molecule has 0 N–H and O–H groups in total. The van der Waals surface area contributed by atoms with Crippen molar-refractivity contribution in [3.05, 3.63) is 41.3 Å². The smallest absolute Gasteiger partial charge is 0.264 e. The first-order valence-electron chi connectivity index (χ1n) is 4.49. The van der Waals surface area contributed by atoms with Crippen LogP contribution in [0.5, 0.6) is 0 Å². The summed E-state index contributed by atoms with van der Waals surface area (Å²) < 4.78 is 38.1. The maximum atomic E-state index is 12.7. The van der Waals surface area contributed by atoms with E-state index in [4.69, 9.17) is 11.6 Å². The molecule has 0 spiro atoms. The Morgan fingerprint density at radius 1 is 1.06 bits per heavy atom. The third-order valence-electron chi connectivity index (χ3n) is 2.03. The Morgan fingerprint density at radius 2 is 1.82 bits per heavy atom. The van der Waals surface area contributed by atoms with Crippen LogP contribution >= 0.6 is 11.6 Å². The highest BCUT2D eigenvalue weighted by atomic mass is 35.5. The molecule has 2 rings (SSSR count). The largest absolute Gasteiger partial charge is 0.417 e. The molecule has 0 aliphatic rings. The van der Waals surface area contributed by atoms with Gasteiger partial charge in [0, 0.05) is 18.0 Å². The highest BCUT2D eigenvalue weighted by molar-refractivity contribution is 6.29. The Labute approximate surface area is 99.3 Å². The van der Waals surface area contributed by atoms with Gasteiger partial charge in [-0.15, -0.1) is 10.2 Å². The molecule has 7 heteroatoms. The van der Waals surface area contributed by atoms with E-state index in [1.54, 1.807) is 0 Å². The van der Waals surface area contributed by atoms with Crippen LogP contribution in [0.1, 0.15) is 5.56 Å². The molecule has 88 valence electrons. The van der Waals surface area contributed by atoms with Crippen molar-refractivity contribution in [2.75, 3.05) is 0 Å². The zero-order valence-corrected chi connectivity index (χ0v) is 9.00. The van der Waals surface area contributed by atoms with E-state index in [0.717, 1.165) is 18.5 Å². The van der Waals surface area contributed by atoms with E-state index in [9.17, 15) is 13.2 Å². The van der Waals surface area contributed by atoms with Crippen molar-refractivity contribution in [1.29, 1.82) is 0 Å². The maximum Gasteiger partial charge on any atom is 0.417 e. The third kappa shape index (κ3) is 2.52. The van der Waals surface area contributed by atoms with Crippen LogP contribution in [-0.4, -0.2) is 15.2 Å². The number of nitrogens with zero attached hydrogens (tertiary/aromatic N) is 3. The number of halogens is 4. The fourth-order valence-corrected chi connectivity index (χ4v) is 1.41. The van der Waals surface area contributed by atoms with Crippen LogP contribution in [0.15, 0.2) is 30.6 Å². The Hall–Kier alpha value is -1.69. The topological polar surface area (TPSA) is 38.7 Å². The lowest BCUT2D eigenvalue weighted by molar-refractivity contribution is -0.137. The minimum atomic E-state index is -4.46. The van der Waals surface area contributed by atoms with Crippen molar-refractivity contribution in [2.45, 2.75) is 6.18 Å². The molecule has 2 heterocycles. The van der Waals surface area contributed by atoms with Gasteiger partial charge < -0.3 is 0 Å². The Kier molecular flexibility index (Phi) is 2.97. The predicted molar refractivity (Wildman–Crippen MR) is 55.3 cm³/mol. The van der Waals surface area contributed by atoms with Gasteiger partial charge in [0.2, 0.25) is 0 Å². The van der Waals surface area contributed by atoms with Crippen molar-refractivity contribution >= 4 is 11.6 Å². The zero-order chi connectivity index (χ0) is 12.5. The molecule has 2 aromatic rings. The van der Waals surface area contributed by atoms with Crippen molar-refractivity contribution in [2.24, 2.45) is 0 Å². The summed E-state index contributed by atoms with van der Waals surface area (Å²) in [6.45, 7) is 0. The lowest BCUT2D eigenvalue weighted by Gasteiger charge is -2.10. The van der Waals surface area contributed by atoms with Gasteiger partial charge in [-0.1, -0.05) is 11.6 Å². The van der Waals surface area contributed by atoms with Crippen molar-refractivity contribution in [3.63, 3.8) is 0 Å². The Balaban J connectivity index is 2.56. The molecular formula is C10H5ClF3N3. The van der Waals surface area contributed by atoms with Crippen LogP contribution in [0, 0.1) is 0 Å². The summed E-state index contributed by atoms with van der Waals surface area (Å²) in [6.07, 6.45) is -2.28. The highest BCUT2D eigenvalue weighted by Gasteiger charge is 2.34. The number of hydrogen-bond acceptors (Lipinski definition) is 3. The van der Waals surface area contributed by atoms with Gasteiger partial charge in [0.15, 0.2) is 5.15 Å². The van der Waals surface area contributed by atoms with Crippen molar-refractivity contribution < 1.29 is 13.2 Å². The third-order valence-corrected chi connectivity index (χ3v) is 2.24. The van der Waals surface area contributed by atoms with E-state index in [1.165, 1.54) is 12.1 Å². The van der Waals surface area contributed by atoms with E-state index in [0.29, 0.717) is 0 Å². The molecule has 0 unspecified atom stereocenters. The highest BCUT2D eigenvalue weighted by Crippen LogP contribution is 2.35. The summed E-state index contributed by atoms with van der Waals surface area (Å²) in [4.78, 5) is 3.66. The number of alkyl halides is 3. The summed E-state index contributed by atoms with van der Waals surface area (Å²) in [7, 11) is 0. The summed E-state index contributed by atoms with van der Waals surface area (Å²) in [5, 5.41) is 7.22. The summed E-state index contributed by atoms with van der Waals surface area (Å²) in [6, 6.07) is 3.63. The quantitative estimate of drug-likeness (QED) is 0.789. The van der Waals surface area contributed by atoms with Gasteiger partial charge >= 0.3 is 6.18 Å². The summed E-state index contributed by atoms with van der Waals surface area (Å²) >= 11 is 5.52. The maximum absolute atomic E-state index is 12.7. The van der Waals surface area contributed by atoms with E-state index >= 15 is 0 Å². The second-order valence-electron chi connectivity index (χ2n) is 3.16. The average molecular weight is 260 g/mol. The van der Waals surface area contributed by atoms with Gasteiger partial charge in [-0.2, -0.15) is 13.2 Å². The first kappa shape index (κ1) is 11.8. The molecule has 0 aliphatic heterocycles. The van der Waals surface area contributed by atoms with Gasteiger partial charge in [-0.3, -0.25) is 4.98 Å². The molecule has 0 radical (unpaired) electrons. The number of rotatable bonds is 1. The molecule has 0 fully saturated rings. The molecule has 3 nitrogen and oxygen atoms in total. The molecule has 0 saturated carbocycles. The van der Waals surface area contributed by atoms with Gasteiger partial charge in [-0.05, 0) is 18.2 Å².